The molecular formula is C29H63N9O14. The van der Waals surface area contributed by atoms with Gasteiger partial charge in [0.15, 0.2) is 0 Å². The summed E-state index contributed by atoms with van der Waals surface area (Å²) >= 11 is 0. The zero-order valence-electron chi connectivity index (χ0n) is 29.7. The molecular weight excluding hydrogens is 698 g/mol. The van der Waals surface area contributed by atoms with E-state index >= 15 is 0 Å². The van der Waals surface area contributed by atoms with Gasteiger partial charge < -0.3 is 86.5 Å². The molecule has 0 aromatic rings. The van der Waals surface area contributed by atoms with Gasteiger partial charge in [-0.1, -0.05) is 12.8 Å². The standard InChI is InChI=1S/2C6H14N2O2.2C5H9NO2.C3H7NO2.2C2H5NO2/c2*7-4-2-1-3-5(8)6(9)10;2*7-5(8)4-2-1-3-6-4;1-2(4)3(5)6;2*3-1-2(4)5/h2*5H,1-4,7-8H2,(H,9,10);2*4,6H,1-3H2,(H,7,8);2H,4H2,1H3,(H,5,6);2*1,3H2,(H,4,5)/t2*5-;2*4-;2-;;/m00000../s1. The van der Waals surface area contributed by atoms with Crippen molar-refractivity contribution in [1.29, 1.82) is 0 Å². The van der Waals surface area contributed by atoms with Gasteiger partial charge in [0.2, 0.25) is 0 Å². The van der Waals surface area contributed by atoms with Gasteiger partial charge in [-0.2, -0.15) is 0 Å². The number of unbranched alkanes of at least 4 members (excludes halogenated alkanes) is 2. The van der Waals surface area contributed by atoms with Crippen LogP contribution in [0.4, 0.5) is 0 Å². The number of carbonyl (C=O) groups is 7. The van der Waals surface area contributed by atoms with E-state index in [0.717, 1.165) is 64.5 Å². The summed E-state index contributed by atoms with van der Waals surface area (Å²) in [5.41, 5.74) is 34.8. The van der Waals surface area contributed by atoms with Gasteiger partial charge in [0, 0.05) is 0 Å². The number of carboxylic acids is 7. The Morgan fingerprint density at radius 2 is 0.827 bits per heavy atom. The molecule has 308 valence electrons. The molecule has 0 radical (unpaired) electrons. The SMILES string of the molecule is C[C@H](N)C(=O)O.NCC(=O)O.NCC(=O)O.NCCCC[C@H](N)C(=O)O.NCCCC[C@H](N)C(=O)O.O=C(O)[C@@H]1CCCN1.O=C(O)[C@@H]1CCCN1. The van der Waals surface area contributed by atoms with Gasteiger partial charge in [0.25, 0.3) is 0 Å². The van der Waals surface area contributed by atoms with Gasteiger partial charge in [-0.3, -0.25) is 33.6 Å². The number of rotatable bonds is 15. The summed E-state index contributed by atoms with van der Waals surface area (Å²) in [6.07, 6.45) is 7.90. The maximum Gasteiger partial charge on any atom is 0.320 e. The highest BCUT2D eigenvalue weighted by Gasteiger charge is 2.21. The second-order valence-corrected chi connectivity index (χ2v) is 10.8. The Kier molecular flexibility index (Phi) is 43.7. The molecule has 0 aromatic carbocycles. The maximum atomic E-state index is 10.1. The molecule has 0 bridgehead atoms. The summed E-state index contributed by atoms with van der Waals surface area (Å²) in [4.78, 5) is 68.6. The molecule has 23 N–H and O–H groups in total. The van der Waals surface area contributed by atoms with E-state index in [9.17, 15) is 33.6 Å². The third-order valence-corrected chi connectivity index (χ3v) is 6.03. The van der Waals surface area contributed by atoms with Crippen LogP contribution in [0.1, 0.15) is 71.1 Å². The molecule has 2 aliphatic heterocycles. The first-order chi connectivity index (χ1) is 24.2. The van der Waals surface area contributed by atoms with Crippen molar-refractivity contribution in [3.05, 3.63) is 0 Å². The Labute approximate surface area is 302 Å². The number of nitrogens with two attached hydrogens (primary N) is 7. The van der Waals surface area contributed by atoms with Crippen molar-refractivity contribution in [2.75, 3.05) is 39.3 Å². The van der Waals surface area contributed by atoms with E-state index in [4.69, 9.17) is 64.4 Å². The number of nitrogens with one attached hydrogen (secondary N) is 2. The Bertz CT molecular complexity index is 900. The van der Waals surface area contributed by atoms with Crippen molar-refractivity contribution in [2.24, 2.45) is 40.1 Å². The lowest BCUT2D eigenvalue weighted by Crippen LogP contribution is -2.29. The zero-order chi connectivity index (χ0) is 41.7. The van der Waals surface area contributed by atoms with Crippen molar-refractivity contribution in [3.63, 3.8) is 0 Å². The zero-order valence-corrected chi connectivity index (χ0v) is 29.7. The van der Waals surface area contributed by atoms with E-state index in [0.29, 0.717) is 25.9 Å². The monoisotopic (exact) mass is 761 g/mol. The second kappa shape index (κ2) is 39.7. The Morgan fingerprint density at radius 3 is 0.942 bits per heavy atom. The number of aliphatic carboxylic acids is 7. The van der Waals surface area contributed by atoms with E-state index in [1.54, 1.807) is 0 Å². The van der Waals surface area contributed by atoms with E-state index in [1.165, 1.54) is 6.92 Å². The molecule has 0 aliphatic carbocycles. The van der Waals surface area contributed by atoms with Crippen LogP contribution < -0.4 is 50.8 Å². The number of hydrogen-bond acceptors (Lipinski definition) is 16. The molecule has 0 spiro atoms. The lowest BCUT2D eigenvalue weighted by molar-refractivity contribution is -0.140. The highest BCUT2D eigenvalue weighted by atomic mass is 16.4. The number of carboxylic acid groups (broad SMARTS) is 7. The van der Waals surface area contributed by atoms with E-state index < -0.39 is 59.9 Å². The van der Waals surface area contributed by atoms with Gasteiger partial charge in [0.05, 0.1) is 13.1 Å². The van der Waals surface area contributed by atoms with Gasteiger partial charge in [-0.15, -0.1) is 0 Å². The van der Waals surface area contributed by atoms with Crippen LogP contribution in [-0.2, 0) is 33.6 Å². The van der Waals surface area contributed by atoms with E-state index in [1.807, 2.05) is 0 Å². The summed E-state index contributed by atoms with van der Waals surface area (Å²) in [5.74, 6) is -6.20. The molecule has 2 saturated heterocycles. The molecule has 2 heterocycles. The summed E-state index contributed by atoms with van der Waals surface area (Å²) in [7, 11) is 0. The fourth-order valence-electron chi connectivity index (χ4n) is 3.05. The van der Waals surface area contributed by atoms with Crippen molar-refractivity contribution in [2.45, 2.75) is 101 Å². The summed E-state index contributed by atoms with van der Waals surface area (Å²) in [5, 5.41) is 62.1. The fraction of sp³-hybridized carbons (Fsp3) is 0.759. The summed E-state index contributed by atoms with van der Waals surface area (Å²) < 4.78 is 0. The fourth-order valence-corrected chi connectivity index (χ4v) is 3.05. The third-order valence-electron chi connectivity index (χ3n) is 6.03. The van der Waals surface area contributed by atoms with Crippen LogP contribution in [0, 0.1) is 0 Å². The molecule has 2 rings (SSSR count). The topological polar surface area (TPSA) is 467 Å². The van der Waals surface area contributed by atoms with Crippen LogP contribution in [0.25, 0.3) is 0 Å². The average molecular weight is 762 g/mol. The molecule has 23 nitrogen and oxygen atoms in total. The van der Waals surface area contributed by atoms with Crippen LogP contribution >= 0.6 is 0 Å². The molecule has 5 atom stereocenters. The van der Waals surface area contributed by atoms with Crippen LogP contribution in [0.5, 0.6) is 0 Å². The molecule has 0 unspecified atom stereocenters. The lowest BCUT2D eigenvalue weighted by atomic mass is 10.1. The van der Waals surface area contributed by atoms with Crippen molar-refractivity contribution < 1.29 is 69.3 Å². The number of hydrogen-bond donors (Lipinski definition) is 16. The second-order valence-electron chi connectivity index (χ2n) is 10.8. The molecule has 0 amide bonds. The molecule has 52 heavy (non-hydrogen) atoms. The Balaban J connectivity index is -0.000000168. The third kappa shape index (κ3) is 48.0. The van der Waals surface area contributed by atoms with Crippen molar-refractivity contribution in [3.8, 4) is 0 Å². The smallest absolute Gasteiger partial charge is 0.320 e. The highest BCUT2D eigenvalue weighted by Crippen LogP contribution is 2.04. The van der Waals surface area contributed by atoms with Crippen molar-refractivity contribution >= 4 is 41.8 Å². The largest absolute Gasteiger partial charge is 0.480 e. The minimum Gasteiger partial charge on any atom is -0.480 e. The normalized spacial score (nSPS) is 16.7. The Hall–Kier alpha value is -4.07. The Morgan fingerprint density at radius 1 is 0.558 bits per heavy atom. The minimum atomic E-state index is -0.968. The lowest BCUT2D eigenvalue weighted by Gasteiger charge is -2.03. The van der Waals surface area contributed by atoms with Gasteiger partial charge in [0.1, 0.15) is 30.2 Å². The predicted octanol–water partition coefficient (Wildman–Crippen LogP) is -3.82. The highest BCUT2D eigenvalue weighted by molar-refractivity contribution is 5.74. The van der Waals surface area contributed by atoms with E-state index in [-0.39, 0.29) is 25.2 Å². The summed E-state index contributed by atoms with van der Waals surface area (Å²) in [6, 6.07) is -2.70. The van der Waals surface area contributed by atoms with Gasteiger partial charge in [-0.25, -0.2) is 0 Å². The van der Waals surface area contributed by atoms with Crippen molar-refractivity contribution in [1.82, 2.24) is 10.6 Å². The molecule has 0 saturated carbocycles. The molecule has 2 fully saturated rings. The molecule has 0 aromatic heterocycles. The van der Waals surface area contributed by atoms with Crippen LogP contribution in [0.2, 0.25) is 0 Å². The first-order valence-electron chi connectivity index (χ1n) is 16.3. The van der Waals surface area contributed by atoms with E-state index in [2.05, 4.69) is 22.1 Å². The first-order valence-corrected chi connectivity index (χ1v) is 16.3. The van der Waals surface area contributed by atoms with Crippen LogP contribution in [0.15, 0.2) is 0 Å². The average Bonchev–Trinajstić information content (AvgIpc) is 3.82. The quantitative estimate of drug-likeness (QED) is 0.0711. The maximum absolute atomic E-state index is 10.1. The van der Waals surface area contributed by atoms with Gasteiger partial charge >= 0.3 is 41.8 Å². The van der Waals surface area contributed by atoms with Crippen LogP contribution in [-0.4, -0.2) is 147 Å². The molecule has 2 aliphatic rings. The van der Waals surface area contributed by atoms with Gasteiger partial charge in [-0.05, 0) is 84.5 Å². The predicted molar refractivity (Wildman–Crippen MR) is 189 cm³/mol. The minimum absolute atomic E-state index is 0.269. The van der Waals surface area contributed by atoms with Crippen LogP contribution in [0.3, 0.4) is 0 Å². The first kappa shape index (κ1) is 57.3. The summed E-state index contributed by atoms with van der Waals surface area (Å²) in [6.45, 7) is 3.79. The molecule has 23 heteroatoms.